The van der Waals surface area contributed by atoms with E-state index in [0.29, 0.717) is 43.1 Å². The molecule has 0 amide bonds. The van der Waals surface area contributed by atoms with Crippen molar-refractivity contribution in [2.45, 2.75) is 35.9 Å². The number of piperidine rings is 1. The SMILES string of the molecule is C[C@@H]1NCC(c2ccccc2)S(=O)(=O)C1Cc1cc(F)c(N2C[C@@H]3C(n4cnnc4)[C@@H]3C2)cc1F. The number of anilines is 1. The Morgan fingerprint density at radius 3 is 2.40 bits per heavy atom. The number of nitrogens with one attached hydrogen (secondary N) is 1. The minimum Gasteiger partial charge on any atom is -0.368 e. The Balaban J connectivity index is 1.20. The van der Waals surface area contributed by atoms with Crippen LogP contribution in [-0.4, -0.2) is 54.1 Å². The van der Waals surface area contributed by atoms with E-state index in [0.717, 1.165) is 0 Å². The van der Waals surface area contributed by atoms with Gasteiger partial charge in [-0.25, -0.2) is 17.2 Å². The fourth-order valence-electron chi connectivity index (χ4n) is 5.99. The first kappa shape index (κ1) is 22.6. The van der Waals surface area contributed by atoms with Gasteiger partial charge in [-0.3, -0.25) is 0 Å². The lowest BCUT2D eigenvalue weighted by atomic mass is 10.0. The normalized spacial score (nSPS) is 31.3. The fraction of sp³-hybridized carbons (Fsp3) is 0.440. The molecule has 3 heterocycles. The van der Waals surface area contributed by atoms with Gasteiger partial charge in [-0.1, -0.05) is 30.3 Å². The zero-order valence-electron chi connectivity index (χ0n) is 19.3. The third-order valence-electron chi connectivity index (χ3n) is 7.98. The van der Waals surface area contributed by atoms with Crippen LogP contribution >= 0.6 is 0 Å². The molecule has 6 rings (SSSR count). The number of nitrogens with zero attached hydrogens (tertiary/aromatic N) is 4. The number of hydrogen-bond acceptors (Lipinski definition) is 6. The maximum Gasteiger partial charge on any atom is 0.163 e. The topological polar surface area (TPSA) is 80.1 Å². The molecule has 10 heteroatoms. The van der Waals surface area contributed by atoms with E-state index in [1.807, 2.05) is 27.7 Å². The number of fused-ring (bicyclic) bond motifs is 1. The zero-order valence-corrected chi connectivity index (χ0v) is 20.1. The molecule has 3 aromatic rings. The largest absolute Gasteiger partial charge is 0.368 e. The summed E-state index contributed by atoms with van der Waals surface area (Å²) in [6.07, 6.45) is 3.31. The van der Waals surface area contributed by atoms with Crippen LogP contribution in [0, 0.1) is 23.5 Å². The van der Waals surface area contributed by atoms with Crippen LogP contribution in [0.3, 0.4) is 0 Å². The lowest BCUT2D eigenvalue weighted by Gasteiger charge is -2.35. The van der Waals surface area contributed by atoms with Gasteiger partial charge < -0.3 is 14.8 Å². The second kappa shape index (κ2) is 8.37. The molecule has 1 aliphatic carbocycles. The summed E-state index contributed by atoms with van der Waals surface area (Å²) in [4.78, 5) is 1.88. The van der Waals surface area contributed by atoms with Crippen molar-refractivity contribution in [3.05, 3.63) is 77.9 Å². The van der Waals surface area contributed by atoms with Gasteiger partial charge >= 0.3 is 0 Å². The monoisotopic (exact) mass is 499 g/mol. The van der Waals surface area contributed by atoms with Crippen LogP contribution in [0.5, 0.6) is 0 Å². The van der Waals surface area contributed by atoms with Crippen molar-refractivity contribution >= 4 is 15.5 Å². The zero-order chi connectivity index (χ0) is 24.3. The third-order valence-corrected chi connectivity index (χ3v) is 10.6. The van der Waals surface area contributed by atoms with Crippen LogP contribution in [-0.2, 0) is 16.3 Å². The minimum atomic E-state index is -3.62. The first-order valence-corrected chi connectivity index (χ1v) is 13.5. The van der Waals surface area contributed by atoms with Crippen molar-refractivity contribution in [3.63, 3.8) is 0 Å². The molecule has 7 nitrogen and oxygen atoms in total. The van der Waals surface area contributed by atoms with Crippen LogP contribution < -0.4 is 10.2 Å². The average molecular weight is 500 g/mol. The summed E-state index contributed by atoms with van der Waals surface area (Å²) in [5.41, 5.74) is 1.03. The van der Waals surface area contributed by atoms with Crippen LogP contribution in [0.1, 0.15) is 29.3 Å². The summed E-state index contributed by atoms with van der Waals surface area (Å²) in [6, 6.07) is 11.4. The molecule has 1 saturated carbocycles. The van der Waals surface area contributed by atoms with Crippen molar-refractivity contribution in [1.82, 2.24) is 20.1 Å². The van der Waals surface area contributed by atoms with E-state index in [1.165, 1.54) is 12.1 Å². The minimum absolute atomic E-state index is 0.0795. The first-order chi connectivity index (χ1) is 16.8. The van der Waals surface area contributed by atoms with E-state index < -0.39 is 32.0 Å². The predicted molar refractivity (Wildman–Crippen MR) is 128 cm³/mol. The van der Waals surface area contributed by atoms with Gasteiger partial charge in [0.25, 0.3) is 0 Å². The molecule has 0 bridgehead atoms. The number of halogens is 2. The highest BCUT2D eigenvalue weighted by atomic mass is 32.2. The average Bonchev–Trinajstić information content (AvgIpc) is 3.21. The Kier molecular flexibility index (Phi) is 5.41. The molecule has 0 radical (unpaired) electrons. The molecule has 1 N–H and O–H groups in total. The smallest absolute Gasteiger partial charge is 0.163 e. The van der Waals surface area contributed by atoms with E-state index in [1.54, 1.807) is 31.7 Å². The van der Waals surface area contributed by atoms with Crippen molar-refractivity contribution in [1.29, 1.82) is 0 Å². The van der Waals surface area contributed by atoms with Gasteiger partial charge in [0.1, 0.15) is 24.3 Å². The maximum atomic E-state index is 15.2. The van der Waals surface area contributed by atoms with Crippen LogP contribution in [0.25, 0.3) is 0 Å². The Labute approximate surface area is 203 Å². The standard InChI is InChI=1S/C25H27F2N5O2S/c1-15-23(35(33,34)24(10-28-15)16-5-3-2-4-6-16)8-17-7-21(27)22(9-20(17)26)31-11-18-19(12-31)25(18)32-13-29-30-14-32/h2-7,9,13-15,18-19,23-25,28H,8,10-12H2,1H3/t15-,18-,19+,23?,24?,25?/m0/s1. The Morgan fingerprint density at radius 2 is 1.71 bits per heavy atom. The highest BCUT2D eigenvalue weighted by Crippen LogP contribution is 2.56. The molecule has 2 aliphatic heterocycles. The molecule has 2 aromatic carbocycles. The van der Waals surface area contributed by atoms with Crippen LogP contribution in [0.4, 0.5) is 14.5 Å². The summed E-state index contributed by atoms with van der Waals surface area (Å²) >= 11 is 0. The van der Waals surface area contributed by atoms with Crippen LogP contribution in [0.2, 0.25) is 0 Å². The van der Waals surface area contributed by atoms with E-state index >= 15 is 8.78 Å². The Bertz CT molecular complexity index is 1320. The predicted octanol–water partition coefficient (Wildman–Crippen LogP) is 2.92. The number of sulfone groups is 1. The van der Waals surface area contributed by atoms with Gasteiger partial charge in [0.05, 0.1) is 16.2 Å². The molecule has 2 saturated heterocycles. The van der Waals surface area contributed by atoms with Gasteiger partial charge in [0.2, 0.25) is 0 Å². The molecular formula is C25H27F2N5O2S. The van der Waals surface area contributed by atoms with E-state index in [-0.39, 0.29) is 23.7 Å². The van der Waals surface area contributed by atoms with Crippen molar-refractivity contribution in [3.8, 4) is 0 Å². The summed E-state index contributed by atoms with van der Waals surface area (Å²) < 4.78 is 59.4. The van der Waals surface area contributed by atoms with Gasteiger partial charge in [-0.2, -0.15) is 0 Å². The van der Waals surface area contributed by atoms with Crippen molar-refractivity contribution < 1.29 is 17.2 Å². The quantitative estimate of drug-likeness (QED) is 0.582. The molecule has 1 aromatic heterocycles. The summed E-state index contributed by atoms with van der Waals surface area (Å²) in [7, 11) is -3.62. The summed E-state index contributed by atoms with van der Waals surface area (Å²) in [6.45, 7) is 3.36. The maximum absolute atomic E-state index is 15.2. The van der Waals surface area contributed by atoms with E-state index in [9.17, 15) is 8.42 Å². The van der Waals surface area contributed by atoms with Gasteiger partial charge in [-0.15, -0.1) is 10.2 Å². The Morgan fingerprint density at radius 1 is 1.03 bits per heavy atom. The van der Waals surface area contributed by atoms with Crippen molar-refractivity contribution in [2.75, 3.05) is 24.5 Å². The third kappa shape index (κ3) is 3.83. The highest BCUT2D eigenvalue weighted by Gasteiger charge is 2.57. The van der Waals surface area contributed by atoms with Crippen molar-refractivity contribution in [2.24, 2.45) is 11.8 Å². The molecule has 0 spiro atoms. The molecular weight excluding hydrogens is 472 g/mol. The number of rotatable bonds is 5. The molecule has 35 heavy (non-hydrogen) atoms. The van der Waals surface area contributed by atoms with Gasteiger partial charge in [0, 0.05) is 49.6 Å². The number of aromatic nitrogens is 3. The number of benzene rings is 2. The molecule has 6 atom stereocenters. The fourth-order valence-corrected chi connectivity index (χ4v) is 8.36. The van der Waals surface area contributed by atoms with Gasteiger partial charge in [0.15, 0.2) is 9.84 Å². The second-order valence-corrected chi connectivity index (χ2v) is 12.3. The van der Waals surface area contributed by atoms with Gasteiger partial charge in [-0.05, 0) is 30.5 Å². The summed E-state index contributed by atoms with van der Waals surface area (Å²) in [5.74, 6) is -0.358. The Hall–Kier alpha value is -2.85. The molecule has 3 fully saturated rings. The van der Waals surface area contributed by atoms with Crippen LogP contribution in [0.15, 0.2) is 55.1 Å². The second-order valence-electron chi connectivity index (χ2n) is 9.96. The number of hydrogen-bond donors (Lipinski definition) is 1. The lowest BCUT2D eigenvalue weighted by molar-refractivity contribution is 0.446. The van der Waals surface area contributed by atoms with E-state index in [2.05, 4.69) is 15.5 Å². The summed E-state index contributed by atoms with van der Waals surface area (Å²) in [5, 5.41) is 9.39. The lowest BCUT2D eigenvalue weighted by Crippen LogP contribution is -2.53. The highest BCUT2D eigenvalue weighted by molar-refractivity contribution is 7.92. The van der Waals surface area contributed by atoms with E-state index in [4.69, 9.17) is 0 Å². The molecule has 184 valence electrons. The molecule has 3 aliphatic rings. The first-order valence-electron chi connectivity index (χ1n) is 11.9. The molecule has 3 unspecified atom stereocenters.